The average Bonchev–Trinajstić information content (AvgIpc) is 2.66. The molecule has 4 atom stereocenters. The number of hydrogen-bond acceptors (Lipinski definition) is 9. The van der Waals surface area contributed by atoms with Gasteiger partial charge in [0, 0.05) is 19.9 Å². The van der Waals surface area contributed by atoms with Gasteiger partial charge in [-0.15, -0.1) is 0 Å². The average molecular weight is 398 g/mol. The first kappa shape index (κ1) is 22.1. The highest BCUT2D eigenvalue weighted by Gasteiger charge is 2.39. The summed E-state index contributed by atoms with van der Waals surface area (Å²) in [5.74, 6) is -0.521. The summed E-state index contributed by atoms with van der Waals surface area (Å²) >= 11 is 0. The molecule has 0 radical (unpaired) electrons. The number of amides is 1. The van der Waals surface area contributed by atoms with E-state index in [1.165, 1.54) is 13.0 Å². The van der Waals surface area contributed by atoms with Crippen LogP contribution in [0.1, 0.15) is 18.9 Å². The van der Waals surface area contributed by atoms with Crippen molar-refractivity contribution in [1.82, 2.24) is 5.32 Å². The Kier molecular flexibility index (Phi) is 8.15. The number of ether oxygens (including phenoxy) is 3. The van der Waals surface area contributed by atoms with Gasteiger partial charge in [-0.05, 0) is 24.7 Å². The Hall–Kier alpha value is -2.24. The lowest BCUT2D eigenvalue weighted by Crippen LogP contribution is -2.54. The van der Waals surface area contributed by atoms with Gasteiger partial charge in [0.25, 0.3) is 0 Å². The highest BCUT2D eigenvalue weighted by atomic mass is 16.7. The third-order valence-electron chi connectivity index (χ3n) is 4.06. The van der Waals surface area contributed by atoms with Crippen molar-refractivity contribution in [2.45, 2.75) is 44.6 Å². The number of anilines is 1. The maximum atomic E-state index is 12.1. The van der Waals surface area contributed by atoms with Crippen LogP contribution in [0.2, 0.25) is 0 Å². The van der Waals surface area contributed by atoms with E-state index in [9.17, 15) is 24.9 Å². The summed E-state index contributed by atoms with van der Waals surface area (Å²) < 4.78 is 15.8. The number of rotatable bonds is 8. The number of aliphatic hydroxyl groups excluding tert-OH is 3. The fraction of sp³-hybridized carbons (Fsp3) is 0.556. The minimum Gasteiger partial charge on any atom is -0.461 e. The minimum absolute atomic E-state index is 0.0163. The van der Waals surface area contributed by atoms with Gasteiger partial charge < -0.3 is 40.2 Å². The molecule has 0 unspecified atom stereocenters. The van der Waals surface area contributed by atoms with Crippen molar-refractivity contribution in [3.8, 4) is 5.75 Å². The number of esters is 1. The standard InChI is InChI=1S/C18H26N2O8/c1-10(21)26-8-11-3-4-14(12(7-11)20-15(23)5-6-19-2)28-18-17(25)16(24)13(22)9-27-18/h3-4,7,13,16-19,22,24-25H,5-6,8-9H2,1-2H3,(H,20,23)/t13-,16+,17-,18+/m1/s1. The van der Waals surface area contributed by atoms with E-state index in [-0.39, 0.29) is 31.3 Å². The summed E-state index contributed by atoms with van der Waals surface area (Å²) in [5.41, 5.74) is 0.911. The van der Waals surface area contributed by atoms with E-state index in [1.54, 1.807) is 19.2 Å². The Balaban J connectivity index is 2.18. The summed E-state index contributed by atoms with van der Waals surface area (Å²) in [4.78, 5) is 23.1. The van der Waals surface area contributed by atoms with Gasteiger partial charge in [-0.3, -0.25) is 9.59 Å². The van der Waals surface area contributed by atoms with Gasteiger partial charge in [-0.1, -0.05) is 6.07 Å². The van der Waals surface area contributed by atoms with Crippen molar-refractivity contribution in [3.05, 3.63) is 23.8 Å². The third-order valence-corrected chi connectivity index (χ3v) is 4.06. The maximum absolute atomic E-state index is 12.1. The molecule has 28 heavy (non-hydrogen) atoms. The van der Waals surface area contributed by atoms with Crippen LogP contribution in [-0.4, -0.2) is 72.0 Å². The third kappa shape index (κ3) is 6.14. The van der Waals surface area contributed by atoms with E-state index in [1.807, 2.05) is 0 Å². The van der Waals surface area contributed by atoms with E-state index < -0.39 is 30.6 Å². The Bertz CT molecular complexity index is 684. The summed E-state index contributed by atoms with van der Waals surface area (Å²) in [6.07, 6.45) is -5.13. The zero-order chi connectivity index (χ0) is 20.7. The fourth-order valence-electron chi connectivity index (χ4n) is 2.51. The van der Waals surface area contributed by atoms with Crippen LogP contribution in [0.3, 0.4) is 0 Å². The number of aliphatic hydroxyl groups is 3. The van der Waals surface area contributed by atoms with E-state index in [2.05, 4.69) is 10.6 Å². The number of carbonyl (C=O) groups excluding carboxylic acids is 2. The normalized spacial score (nSPS) is 24.5. The highest BCUT2D eigenvalue weighted by Crippen LogP contribution is 2.29. The quantitative estimate of drug-likeness (QED) is 0.352. The fourth-order valence-corrected chi connectivity index (χ4v) is 2.51. The number of carbonyl (C=O) groups is 2. The molecular weight excluding hydrogens is 372 g/mol. The lowest BCUT2D eigenvalue weighted by atomic mass is 10.1. The SMILES string of the molecule is CNCCC(=O)Nc1cc(COC(C)=O)ccc1O[C@@H]1OC[C@@H](O)[C@H](O)[C@H]1O. The lowest BCUT2D eigenvalue weighted by Gasteiger charge is -2.35. The first-order chi connectivity index (χ1) is 13.3. The van der Waals surface area contributed by atoms with Gasteiger partial charge in [-0.25, -0.2) is 0 Å². The summed E-state index contributed by atoms with van der Waals surface area (Å²) in [7, 11) is 1.73. The lowest BCUT2D eigenvalue weighted by molar-refractivity contribution is -0.241. The number of nitrogens with one attached hydrogen (secondary N) is 2. The smallest absolute Gasteiger partial charge is 0.302 e. The molecule has 2 rings (SSSR count). The molecule has 1 fully saturated rings. The molecule has 0 aliphatic carbocycles. The van der Waals surface area contributed by atoms with Crippen LogP contribution in [-0.2, 0) is 25.7 Å². The predicted octanol–water partition coefficient (Wildman–Crippen LogP) is -0.884. The Morgan fingerprint density at radius 3 is 2.68 bits per heavy atom. The highest BCUT2D eigenvalue weighted by molar-refractivity contribution is 5.92. The molecular formula is C18H26N2O8. The van der Waals surface area contributed by atoms with Gasteiger partial charge >= 0.3 is 5.97 Å². The maximum Gasteiger partial charge on any atom is 0.302 e. The zero-order valence-corrected chi connectivity index (χ0v) is 15.8. The van der Waals surface area contributed by atoms with Gasteiger partial charge in [0.15, 0.2) is 0 Å². The van der Waals surface area contributed by atoms with Crippen LogP contribution >= 0.6 is 0 Å². The molecule has 1 aliphatic rings. The molecule has 10 nitrogen and oxygen atoms in total. The van der Waals surface area contributed by atoms with Crippen LogP contribution < -0.4 is 15.4 Å². The van der Waals surface area contributed by atoms with E-state index in [0.717, 1.165) is 0 Å². The molecule has 0 saturated carbocycles. The van der Waals surface area contributed by atoms with Gasteiger partial charge in [0.2, 0.25) is 12.2 Å². The molecule has 1 heterocycles. The molecule has 0 spiro atoms. The molecule has 1 saturated heterocycles. The zero-order valence-electron chi connectivity index (χ0n) is 15.8. The summed E-state index contributed by atoms with van der Waals surface area (Å²) in [6, 6.07) is 4.73. The van der Waals surface area contributed by atoms with Crippen LogP contribution in [0.4, 0.5) is 5.69 Å². The van der Waals surface area contributed by atoms with Crippen LogP contribution in [0, 0.1) is 0 Å². The molecule has 0 bridgehead atoms. The minimum atomic E-state index is -1.47. The Morgan fingerprint density at radius 1 is 1.25 bits per heavy atom. The molecule has 1 aromatic rings. The van der Waals surface area contributed by atoms with Gasteiger partial charge in [0.05, 0.1) is 12.3 Å². The first-order valence-electron chi connectivity index (χ1n) is 8.85. The molecule has 5 N–H and O–H groups in total. The van der Waals surface area contributed by atoms with Crippen molar-refractivity contribution in [2.24, 2.45) is 0 Å². The molecule has 10 heteroatoms. The van der Waals surface area contributed by atoms with Crippen molar-refractivity contribution in [2.75, 3.05) is 25.5 Å². The van der Waals surface area contributed by atoms with Crippen molar-refractivity contribution in [1.29, 1.82) is 0 Å². The topological polar surface area (TPSA) is 147 Å². The van der Waals surface area contributed by atoms with E-state index in [4.69, 9.17) is 14.2 Å². The monoisotopic (exact) mass is 398 g/mol. The van der Waals surface area contributed by atoms with Crippen molar-refractivity contribution < 1.29 is 39.1 Å². The summed E-state index contributed by atoms with van der Waals surface area (Å²) in [5, 5.41) is 34.9. The largest absolute Gasteiger partial charge is 0.461 e. The molecule has 0 aromatic heterocycles. The second-order valence-electron chi connectivity index (χ2n) is 6.38. The van der Waals surface area contributed by atoms with E-state index >= 15 is 0 Å². The second kappa shape index (κ2) is 10.3. The van der Waals surface area contributed by atoms with Crippen molar-refractivity contribution in [3.63, 3.8) is 0 Å². The van der Waals surface area contributed by atoms with Gasteiger partial charge in [0.1, 0.15) is 30.7 Å². The van der Waals surface area contributed by atoms with Crippen LogP contribution in [0.15, 0.2) is 18.2 Å². The summed E-state index contributed by atoms with van der Waals surface area (Å²) in [6.45, 7) is 1.57. The number of hydrogen-bond donors (Lipinski definition) is 5. The van der Waals surface area contributed by atoms with Gasteiger partial charge in [-0.2, -0.15) is 0 Å². The van der Waals surface area contributed by atoms with Crippen molar-refractivity contribution >= 4 is 17.6 Å². The Labute approximate surface area is 162 Å². The molecule has 156 valence electrons. The van der Waals surface area contributed by atoms with Crippen LogP contribution in [0.25, 0.3) is 0 Å². The predicted molar refractivity (Wildman–Crippen MR) is 97.5 cm³/mol. The van der Waals surface area contributed by atoms with E-state index in [0.29, 0.717) is 17.8 Å². The first-order valence-corrected chi connectivity index (χ1v) is 8.85. The Morgan fingerprint density at radius 2 is 2.00 bits per heavy atom. The number of benzene rings is 1. The molecule has 1 amide bonds. The van der Waals surface area contributed by atoms with Crippen LogP contribution in [0.5, 0.6) is 5.75 Å². The molecule has 1 aromatic carbocycles. The second-order valence-corrected chi connectivity index (χ2v) is 6.38. The molecule has 1 aliphatic heterocycles.